The van der Waals surface area contributed by atoms with Gasteiger partial charge in [-0.1, -0.05) is 40.9 Å². The van der Waals surface area contributed by atoms with E-state index < -0.39 is 11.9 Å². The molecule has 0 saturated carbocycles. The van der Waals surface area contributed by atoms with Crippen LogP contribution in [0.2, 0.25) is 10.0 Å². The van der Waals surface area contributed by atoms with E-state index in [-0.39, 0.29) is 34.0 Å². The van der Waals surface area contributed by atoms with E-state index in [9.17, 15) is 24.3 Å². The van der Waals surface area contributed by atoms with E-state index in [0.29, 0.717) is 62.1 Å². The largest absolute Gasteiger partial charge is 0.481 e. The van der Waals surface area contributed by atoms with Crippen LogP contribution < -0.4 is 14.4 Å². The SMILES string of the molecule is CCOC(=O)/C(Cl)=C/c1cc(N2C(=O)C3=C(CCCC3)C2=O)ccc1Cl.COc1cc(OC)nc(Sc2cccc(Cl)c2C(=O)O)n1. The van der Waals surface area contributed by atoms with Crippen molar-refractivity contribution in [2.45, 2.75) is 42.7 Å². The van der Waals surface area contributed by atoms with Crippen LogP contribution in [-0.2, 0) is 19.1 Å². The molecule has 1 aliphatic carbocycles. The van der Waals surface area contributed by atoms with Gasteiger partial charge in [-0.3, -0.25) is 9.59 Å². The number of benzene rings is 2. The van der Waals surface area contributed by atoms with Crippen LogP contribution in [0.15, 0.2) is 68.7 Å². The summed E-state index contributed by atoms with van der Waals surface area (Å²) in [5, 5.41) is 9.90. The van der Waals surface area contributed by atoms with E-state index in [2.05, 4.69) is 9.97 Å². The van der Waals surface area contributed by atoms with E-state index in [1.807, 2.05) is 0 Å². The minimum absolute atomic E-state index is 0.00885. The lowest BCUT2D eigenvalue weighted by molar-refractivity contribution is -0.137. The number of esters is 1. The van der Waals surface area contributed by atoms with E-state index in [1.165, 1.54) is 37.3 Å². The quantitative estimate of drug-likeness (QED) is 0.103. The van der Waals surface area contributed by atoms with E-state index >= 15 is 0 Å². The van der Waals surface area contributed by atoms with Crippen molar-refractivity contribution in [1.82, 2.24) is 9.97 Å². The minimum atomic E-state index is -1.11. The number of methoxy groups -OCH3 is 2. The maximum atomic E-state index is 12.7. The van der Waals surface area contributed by atoms with Gasteiger partial charge >= 0.3 is 11.9 Å². The summed E-state index contributed by atoms with van der Waals surface area (Å²) < 4.78 is 14.9. The fourth-order valence-corrected chi connectivity index (χ4v) is 6.25. The topological polar surface area (TPSA) is 145 Å². The average molecular weight is 721 g/mol. The molecule has 1 aromatic heterocycles. The number of halogens is 3. The number of anilines is 1. The lowest BCUT2D eigenvalue weighted by Gasteiger charge is -2.16. The van der Waals surface area contributed by atoms with Gasteiger partial charge in [-0.05, 0) is 86.3 Å². The van der Waals surface area contributed by atoms with Crippen LogP contribution in [0.25, 0.3) is 6.08 Å². The fourth-order valence-electron chi connectivity index (χ4n) is 4.68. The Hall–Kier alpha value is -4.10. The number of rotatable bonds is 9. The molecule has 11 nitrogen and oxygen atoms in total. The van der Waals surface area contributed by atoms with Gasteiger partial charge in [-0.2, -0.15) is 9.97 Å². The lowest BCUT2D eigenvalue weighted by Crippen LogP contribution is -2.31. The Bertz CT molecular complexity index is 1750. The number of amides is 2. The fraction of sp³-hybridized carbons (Fsp3) is 0.250. The molecule has 0 atom stereocenters. The summed E-state index contributed by atoms with van der Waals surface area (Å²) in [5.41, 5.74) is 2.05. The van der Waals surface area contributed by atoms with Crippen LogP contribution in [0.1, 0.15) is 48.5 Å². The molecule has 0 bridgehead atoms. The summed E-state index contributed by atoms with van der Waals surface area (Å²) in [6, 6.07) is 11.1. The molecule has 0 saturated heterocycles. The lowest BCUT2D eigenvalue weighted by atomic mass is 9.93. The normalized spacial score (nSPS) is 14.3. The van der Waals surface area contributed by atoms with E-state index in [0.717, 1.165) is 24.6 Å². The van der Waals surface area contributed by atoms with Gasteiger partial charge in [0.2, 0.25) is 11.8 Å². The smallest absolute Gasteiger partial charge is 0.349 e. The second-order valence-corrected chi connectivity index (χ2v) is 12.0. The molecule has 0 spiro atoms. The first-order valence-electron chi connectivity index (χ1n) is 14.1. The van der Waals surface area contributed by atoms with Crippen molar-refractivity contribution < 1.29 is 38.5 Å². The molecule has 1 aliphatic heterocycles. The maximum absolute atomic E-state index is 12.7. The Kier molecular flexibility index (Phi) is 12.3. The molecule has 0 fully saturated rings. The van der Waals surface area contributed by atoms with Gasteiger partial charge in [0, 0.05) is 21.1 Å². The number of carbonyl (C=O) groups excluding carboxylic acids is 3. The summed E-state index contributed by atoms with van der Waals surface area (Å²) in [6.45, 7) is 1.87. The average Bonchev–Trinajstić information content (AvgIpc) is 3.31. The number of hydrogen-bond acceptors (Lipinski definition) is 10. The van der Waals surface area contributed by atoms with E-state index in [4.69, 9.17) is 49.0 Å². The number of aromatic nitrogens is 2. The van der Waals surface area contributed by atoms with Crippen molar-refractivity contribution in [3.8, 4) is 11.8 Å². The third-order valence-corrected chi connectivity index (χ3v) is 8.70. The molecular formula is C32H28Cl3N3O8S. The molecule has 0 unspecified atom stereocenters. The van der Waals surface area contributed by atoms with E-state index in [1.54, 1.807) is 37.3 Å². The Morgan fingerprint density at radius 3 is 2.13 bits per heavy atom. The van der Waals surface area contributed by atoms with Crippen molar-refractivity contribution in [3.05, 3.63) is 79.8 Å². The number of nitrogens with zero attached hydrogens (tertiary/aromatic N) is 3. The molecule has 2 aromatic carbocycles. The first-order chi connectivity index (χ1) is 22.5. The Labute approximate surface area is 289 Å². The maximum Gasteiger partial charge on any atom is 0.349 e. The summed E-state index contributed by atoms with van der Waals surface area (Å²) in [5.74, 6) is -1.69. The van der Waals surface area contributed by atoms with Crippen molar-refractivity contribution >= 4 is 82.1 Å². The summed E-state index contributed by atoms with van der Waals surface area (Å²) in [4.78, 5) is 58.2. The highest BCUT2D eigenvalue weighted by atomic mass is 35.5. The molecule has 2 amide bonds. The predicted octanol–water partition coefficient (Wildman–Crippen LogP) is 7.22. The zero-order valence-electron chi connectivity index (χ0n) is 25.3. The predicted molar refractivity (Wildman–Crippen MR) is 178 cm³/mol. The van der Waals surface area contributed by atoms with Gasteiger partial charge < -0.3 is 19.3 Å². The Morgan fingerprint density at radius 2 is 1.57 bits per heavy atom. The molecule has 5 rings (SSSR count). The number of imide groups is 1. The Morgan fingerprint density at radius 1 is 0.957 bits per heavy atom. The molecule has 0 radical (unpaired) electrons. The molecule has 246 valence electrons. The van der Waals surface area contributed by atoms with Crippen molar-refractivity contribution in [2.24, 2.45) is 0 Å². The minimum Gasteiger partial charge on any atom is -0.481 e. The number of carboxylic acid groups (broad SMARTS) is 1. The van der Waals surface area contributed by atoms with Crippen LogP contribution in [0.5, 0.6) is 11.8 Å². The monoisotopic (exact) mass is 719 g/mol. The molecule has 15 heteroatoms. The molecular weight excluding hydrogens is 693 g/mol. The van der Waals surface area contributed by atoms with Crippen LogP contribution in [0, 0.1) is 0 Å². The van der Waals surface area contributed by atoms with Crippen LogP contribution >= 0.6 is 46.6 Å². The van der Waals surface area contributed by atoms with Crippen LogP contribution in [0.4, 0.5) is 5.69 Å². The third-order valence-electron chi connectivity index (χ3n) is 6.85. The number of ether oxygens (including phenoxy) is 3. The highest BCUT2D eigenvalue weighted by Gasteiger charge is 2.39. The first kappa shape index (κ1) is 35.7. The van der Waals surface area contributed by atoms with Crippen LogP contribution in [0.3, 0.4) is 0 Å². The third kappa shape index (κ3) is 8.44. The summed E-state index contributed by atoms with van der Waals surface area (Å²) >= 11 is 19.1. The number of hydrogen-bond donors (Lipinski definition) is 1. The number of aromatic carboxylic acids is 1. The second-order valence-electron chi connectivity index (χ2n) is 9.78. The zero-order chi connectivity index (χ0) is 34.2. The summed E-state index contributed by atoms with van der Waals surface area (Å²) in [7, 11) is 2.94. The van der Waals surface area contributed by atoms with Gasteiger partial charge in [0.15, 0.2) is 5.16 Å². The second kappa shape index (κ2) is 16.1. The molecule has 2 heterocycles. The highest BCUT2D eigenvalue weighted by Crippen LogP contribution is 2.37. The number of carbonyl (C=O) groups is 4. The van der Waals surface area contributed by atoms with Gasteiger partial charge in [0.1, 0.15) is 5.03 Å². The molecule has 1 N–H and O–H groups in total. The van der Waals surface area contributed by atoms with Crippen molar-refractivity contribution in [1.29, 1.82) is 0 Å². The van der Waals surface area contributed by atoms with Crippen molar-refractivity contribution in [2.75, 3.05) is 25.7 Å². The first-order valence-corrected chi connectivity index (χ1v) is 16.0. The number of carboxylic acids is 1. The van der Waals surface area contributed by atoms with Crippen LogP contribution in [-0.4, -0.2) is 59.7 Å². The molecule has 3 aromatic rings. The van der Waals surface area contributed by atoms with Gasteiger partial charge in [0.05, 0.1) is 43.2 Å². The van der Waals surface area contributed by atoms with Gasteiger partial charge in [0.25, 0.3) is 11.8 Å². The Balaban J connectivity index is 0.000000218. The van der Waals surface area contributed by atoms with Gasteiger partial charge in [-0.25, -0.2) is 14.5 Å². The molecule has 47 heavy (non-hydrogen) atoms. The summed E-state index contributed by atoms with van der Waals surface area (Å²) in [6.07, 6.45) is 4.45. The highest BCUT2D eigenvalue weighted by molar-refractivity contribution is 7.99. The zero-order valence-corrected chi connectivity index (χ0v) is 28.4. The standard InChI is InChI=1S/C19H17Cl2NO4.C13H11ClN2O4S/c1-2-26-19(25)16(21)10-11-9-12(7-8-15(11)20)22-17(23)13-5-3-4-6-14(13)18(22)24;1-19-9-6-10(20-2)16-13(15-9)21-8-5-3-4-7(14)11(8)12(17)18/h7-10H,2-6H2,1H3;3-6H,1-2H3,(H,17,18)/b16-10-;. The van der Waals surface area contributed by atoms with Crippen molar-refractivity contribution in [3.63, 3.8) is 0 Å². The molecule has 2 aliphatic rings. The van der Waals surface area contributed by atoms with Gasteiger partial charge in [-0.15, -0.1) is 0 Å².